The Morgan fingerprint density at radius 1 is 1.64 bits per heavy atom. The number of carbonyl (C=O) groups excluding carboxylic acids is 1. The number of carbonyl (C=O) groups is 1. The van der Waals surface area contributed by atoms with Crippen molar-refractivity contribution in [2.75, 3.05) is 6.54 Å². The largest absolute Gasteiger partial charge is 0.409 e. The summed E-state index contributed by atoms with van der Waals surface area (Å²) in [4.78, 5) is 13.6. The normalized spacial score (nSPS) is 33.9. The predicted octanol–water partition coefficient (Wildman–Crippen LogP) is -0.0103. The lowest BCUT2D eigenvalue weighted by atomic mass is 9.97. The topological polar surface area (TPSA) is 78.9 Å². The Morgan fingerprint density at radius 3 is 2.79 bits per heavy atom. The molecule has 1 aliphatic carbocycles. The first-order valence-corrected chi connectivity index (χ1v) is 4.93. The average molecular weight is 197 g/mol. The number of oxime groups is 1. The highest BCUT2D eigenvalue weighted by molar-refractivity contribution is 5.92. The number of amidine groups is 1. The predicted molar refractivity (Wildman–Crippen MR) is 50.8 cm³/mol. The smallest absolute Gasteiger partial charge is 0.226 e. The van der Waals surface area contributed by atoms with Gasteiger partial charge in [-0.3, -0.25) is 4.79 Å². The second kappa shape index (κ2) is 3.15. The van der Waals surface area contributed by atoms with Gasteiger partial charge in [0.05, 0.1) is 0 Å². The summed E-state index contributed by atoms with van der Waals surface area (Å²) in [5.41, 5.74) is 5.53. The molecule has 0 aromatic carbocycles. The van der Waals surface area contributed by atoms with E-state index in [0.717, 1.165) is 12.8 Å². The molecule has 0 aromatic heterocycles. The maximum atomic E-state index is 11.8. The van der Waals surface area contributed by atoms with E-state index < -0.39 is 0 Å². The van der Waals surface area contributed by atoms with Gasteiger partial charge >= 0.3 is 0 Å². The zero-order valence-electron chi connectivity index (χ0n) is 8.18. The molecule has 1 saturated carbocycles. The monoisotopic (exact) mass is 197 g/mol. The Balaban J connectivity index is 2.12. The maximum Gasteiger partial charge on any atom is 0.226 e. The first-order valence-electron chi connectivity index (χ1n) is 4.93. The molecule has 14 heavy (non-hydrogen) atoms. The quantitative estimate of drug-likeness (QED) is 0.283. The molecule has 0 unspecified atom stereocenters. The van der Waals surface area contributed by atoms with E-state index in [9.17, 15) is 4.79 Å². The first-order chi connectivity index (χ1) is 6.65. The molecule has 0 radical (unpaired) electrons. The van der Waals surface area contributed by atoms with Gasteiger partial charge in [-0.1, -0.05) is 12.1 Å². The molecule has 0 bridgehead atoms. The van der Waals surface area contributed by atoms with Crippen molar-refractivity contribution in [2.45, 2.75) is 25.8 Å². The summed E-state index contributed by atoms with van der Waals surface area (Å²) in [6.45, 7) is 2.45. The maximum absolute atomic E-state index is 11.8. The van der Waals surface area contributed by atoms with Gasteiger partial charge in [0.25, 0.3) is 0 Å². The molecule has 5 nitrogen and oxygen atoms in total. The van der Waals surface area contributed by atoms with Crippen LogP contribution in [0.2, 0.25) is 0 Å². The van der Waals surface area contributed by atoms with Gasteiger partial charge in [-0.15, -0.1) is 0 Å². The fourth-order valence-corrected chi connectivity index (χ4v) is 2.03. The minimum atomic E-state index is -0.147. The number of rotatable bonds is 2. The van der Waals surface area contributed by atoms with Crippen LogP contribution in [0.5, 0.6) is 0 Å². The number of nitrogens with zero attached hydrogens (tertiary/aromatic N) is 2. The number of hydrogen-bond donors (Lipinski definition) is 2. The Morgan fingerprint density at radius 2 is 2.29 bits per heavy atom. The SMILES string of the molecule is C[C@H]1C(=O)N(C2CC2)C[C@@H]1C(N)=NO. The zero-order chi connectivity index (χ0) is 10.3. The zero-order valence-corrected chi connectivity index (χ0v) is 8.18. The van der Waals surface area contributed by atoms with Crippen LogP contribution in [-0.4, -0.2) is 34.4 Å². The molecule has 78 valence electrons. The Kier molecular flexibility index (Phi) is 2.09. The van der Waals surface area contributed by atoms with Crippen LogP contribution in [0.4, 0.5) is 0 Å². The van der Waals surface area contributed by atoms with Crippen molar-refractivity contribution in [2.24, 2.45) is 22.7 Å². The van der Waals surface area contributed by atoms with Gasteiger partial charge in [-0.05, 0) is 12.8 Å². The Hall–Kier alpha value is -1.26. The van der Waals surface area contributed by atoms with Crippen molar-refractivity contribution in [1.29, 1.82) is 0 Å². The molecule has 1 amide bonds. The van der Waals surface area contributed by atoms with E-state index in [0.29, 0.717) is 12.6 Å². The van der Waals surface area contributed by atoms with Crippen LogP contribution < -0.4 is 5.73 Å². The highest BCUT2D eigenvalue weighted by atomic mass is 16.4. The third-order valence-electron chi connectivity index (χ3n) is 3.15. The molecule has 1 aliphatic heterocycles. The van der Waals surface area contributed by atoms with Gasteiger partial charge in [0.15, 0.2) is 0 Å². The molecular formula is C9H15N3O2. The van der Waals surface area contributed by atoms with Crippen LogP contribution in [0.25, 0.3) is 0 Å². The molecule has 1 saturated heterocycles. The van der Waals surface area contributed by atoms with Crippen molar-refractivity contribution < 1.29 is 10.0 Å². The van der Waals surface area contributed by atoms with E-state index in [4.69, 9.17) is 10.9 Å². The van der Waals surface area contributed by atoms with Crippen molar-refractivity contribution in [3.05, 3.63) is 0 Å². The molecule has 0 aromatic rings. The van der Waals surface area contributed by atoms with Crippen LogP contribution in [0.1, 0.15) is 19.8 Å². The highest BCUT2D eigenvalue weighted by Gasteiger charge is 2.45. The molecule has 5 heteroatoms. The van der Waals surface area contributed by atoms with Gasteiger partial charge in [-0.2, -0.15) is 0 Å². The third-order valence-corrected chi connectivity index (χ3v) is 3.15. The molecule has 2 aliphatic rings. The summed E-state index contributed by atoms with van der Waals surface area (Å²) >= 11 is 0. The van der Waals surface area contributed by atoms with Crippen LogP contribution in [-0.2, 0) is 4.79 Å². The minimum Gasteiger partial charge on any atom is -0.409 e. The average Bonchev–Trinajstić information content (AvgIpc) is 2.97. The molecule has 2 rings (SSSR count). The summed E-state index contributed by atoms with van der Waals surface area (Å²) < 4.78 is 0. The third kappa shape index (κ3) is 1.32. The minimum absolute atomic E-state index is 0.118. The van der Waals surface area contributed by atoms with Crippen LogP contribution in [0.15, 0.2) is 5.16 Å². The molecular weight excluding hydrogens is 182 g/mol. The van der Waals surface area contributed by atoms with E-state index >= 15 is 0 Å². The summed E-state index contributed by atoms with van der Waals surface area (Å²) in [5, 5.41) is 11.6. The van der Waals surface area contributed by atoms with Crippen molar-refractivity contribution in [3.8, 4) is 0 Å². The number of hydrogen-bond acceptors (Lipinski definition) is 3. The molecule has 0 spiro atoms. The van der Waals surface area contributed by atoms with E-state index in [1.807, 2.05) is 11.8 Å². The Labute approximate surface area is 82.6 Å². The number of nitrogens with two attached hydrogens (primary N) is 1. The lowest BCUT2D eigenvalue weighted by Crippen LogP contribution is -2.30. The first kappa shape index (κ1) is 9.30. The van der Waals surface area contributed by atoms with Crippen LogP contribution in [0, 0.1) is 11.8 Å². The highest BCUT2D eigenvalue weighted by Crippen LogP contribution is 2.35. The van der Waals surface area contributed by atoms with Crippen LogP contribution in [0.3, 0.4) is 0 Å². The fraction of sp³-hybridized carbons (Fsp3) is 0.778. The summed E-state index contributed by atoms with van der Waals surface area (Å²) in [6.07, 6.45) is 2.20. The second-order valence-electron chi connectivity index (χ2n) is 4.14. The van der Waals surface area contributed by atoms with E-state index in [1.165, 1.54) is 0 Å². The number of likely N-dealkylation sites (tertiary alicyclic amines) is 1. The second-order valence-corrected chi connectivity index (χ2v) is 4.14. The van der Waals surface area contributed by atoms with E-state index in [2.05, 4.69) is 5.16 Å². The van der Waals surface area contributed by atoms with E-state index in [1.54, 1.807) is 0 Å². The molecule has 1 heterocycles. The lowest BCUT2D eigenvalue weighted by molar-refractivity contribution is -0.131. The molecule has 3 N–H and O–H groups in total. The lowest BCUT2D eigenvalue weighted by Gasteiger charge is -2.14. The van der Waals surface area contributed by atoms with Crippen molar-refractivity contribution in [1.82, 2.24) is 4.90 Å². The van der Waals surface area contributed by atoms with Gasteiger partial charge < -0.3 is 15.8 Å². The van der Waals surface area contributed by atoms with Gasteiger partial charge in [0, 0.05) is 24.4 Å². The van der Waals surface area contributed by atoms with Crippen LogP contribution >= 0.6 is 0 Å². The van der Waals surface area contributed by atoms with Crippen molar-refractivity contribution in [3.63, 3.8) is 0 Å². The fourth-order valence-electron chi connectivity index (χ4n) is 2.03. The summed E-state index contributed by atoms with van der Waals surface area (Å²) in [7, 11) is 0. The molecule has 2 fully saturated rings. The number of amides is 1. The van der Waals surface area contributed by atoms with Gasteiger partial charge in [-0.25, -0.2) is 0 Å². The van der Waals surface area contributed by atoms with Gasteiger partial charge in [0.1, 0.15) is 5.84 Å². The Bertz CT molecular complexity index is 286. The van der Waals surface area contributed by atoms with Crippen molar-refractivity contribution >= 4 is 11.7 Å². The standard InChI is InChI=1S/C9H15N3O2/c1-5-7(8(10)11-14)4-12(9(5)13)6-2-3-6/h5-7,14H,2-4H2,1H3,(H2,10,11)/t5-,7+/m1/s1. The van der Waals surface area contributed by atoms with E-state index in [-0.39, 0.29) is 23.6 Å². The van der Waals surface area contributed by atoms with Gasteiger partial charge in [0.2, 0.25) is 5.91 Å². The summed E-state index contributed by atoms with van der Waals surface area (Å²) in [5.74, 6) is 0.0534. The summed E-state index contributed by atoms with van der Waals surface area (Å²) in [6, 6.07) is 0.418. The molecule has 2 atom stereocenters.